The van der Waals surface area contributed by atoms with Crippen LogP contribution in [0.4, 0.5) is 5.13 Å². The summed E-state index contributed by atoms with van der Waals surface area (Å²) in [7, 11) is 0. The molecule has 1 aliphatic heterocycles. The van der Waals surface area contributed by atoms with Gasteiger partial charge in [0.05, 0.1) is 0 Å². The van der Waals surface area contributed by atoms with Gasteiger partial charge in [0.15, 0.2) is 11.5 Å². The van der Waals surface area contributed by atoms with Gasteiger partial charge in [0.25, 0.3) is 5.91 Å². The maximum Gasteiger partial charge on any atom is 0.270 e. The minimum atomic E-state index is -0.762. The Morgan fingerprint density at radius 1 is 0.969 bits per heavy atom. The van der Waals surface area contributed by atoms with E-state index in [-0.39, 0.29) is 12.5 Å². The van der Waals surface area contributed by atoms with Gasteiger partial charge in [0, 0.05) is 10.6 Å². The topological polar surface area (TPSA) is 82.6 Å². The first-order valence-corrected chi connectivity index (χ1v) is 10.9. The number of ether oxygens (including phenoxy) is 3. The number of carbonyl (C=O) groups excluding carboxylic acids is 1. The van der Waals surface area contributed by atoms with E-state index in [1.54, 1.807) is 36.4 Å². The number of aromatic nitrogens is 2. The van der Waals surface area contributed by atoms with Gasteiger partial charge in [-0.05, 0) is 60.7 Å². The fourth-order valence-electron chi connectivity index (χ4n) is 3.03. The van der Waals surface area contributed by atoms with Crippen LogP contribution in [-0.4, -0.2) is 28.8 Å². The van der Waals surface area contributed by atoms with E-state index in [4.69, 9.17) is 25.8 Å². The molecule has 32 heavy (non-hydrogen) atoms. The highest BCUT2D eigenvalue weighted by Crippen LogP contribution is 2.32. The number of fused-ring (bicyclic) bond motifs is 1. The van der Waals surface area contributed by atoms with Gasteiger partial charge in [-0.15, -0.1) is 10.2 Å². The monoisotopic (exact) mass is 465 g/mol. The second-order valence-electron chi connectivity index (χ2n) is 6.85. The molecule has 0 unspecified atom stereocenters. The van der Waals surface area contributed by atoms with Crippen LogP contribution in [0.5, 0.6) is 23.0 Å². The van der Waals surface area contributed by atoms with Crippen molar-refractivity contribution in [2.45, 2.75) is 6.10 Å². The molecule has 7 nitrogen and oxygen atoms in total. The van der Waals surface area contributed by atoms with Gasteiger partial charge < -0.3 is 14.2 Å². The molecule has 3 aromatic carbocycles. The zero-order valence-corrected chi connectivity index (χ0v) is 18.1. The molecule has 9 heteroatoms. The Morgan fingerprint density at radius 3 is 2.41 bits per heavy atom. The standard InChI is InChI=1S/C23H16ClN3O4S/c24-15-7-11-17(12-8-15)30-16-9-5-14(6-10-16)22-26-27-23(32-22)25-21(28)20-13-29-18-3-1-2-4-19(18)31-20/h1-12,20H,13H2,(H,25,27,28)/t20-/m1/s1. The lowest BCUT2D eigenvalue weighted by atomic mass is 10.2. The third-order valence-corrected chi connectivity index (χ3v) is 5.75. The minimum Gasteiger partial charge on any atom is -0.485 e. The zero-order chi connectivity index (χ0) is 21.9. The molecular formula is C23H16ClN3O4S. The van der Waals surface area contributed by atoms with Crippen LogP contribution in [0.1, 0.15) is 0 Å². The fraction of sp³-hybridized carbons (Fsp3) is 0.0870. The van der Waals surface area contributed by atoms with E-state index in [2.05, 4.69) is 15.5 Å². The molecule has 1 atom stereocenters. The molecule has 1 amide bonds. The number of rotatable bonds is 5. The van der Waals surface area contributed by atoms with E-state index >= 15 is 0 Å². The molecule has 0 bridgehead atoms. The number of nitrogens with one attached hydrogen (secondary N) is 1. The first-order valence-electron chi connectivity index (χ1n) is 9.71. The highest BCUT2D eigenvalue weighted by molar-refractivity contribution is 7.18. The molecule has 5 rings (SSSR count). The van der Waals surface area contributed by atoms with E-state index in [1.807, 2.05) is 36.4 Å². The maximum atomic E-state index is 12.6. The number of carbonyl (C=O) groups is 1. The van der Waals surface area contributed by atoms with Gasteiger partial charge in [-0.2, -0.15) is 0 Å². The lowest BCUT2D eigenvalue weighted by Gasteiger charge is -2.25. The van der Waals surface area contributed by atoms with Gasteiger partial charge in [-0.3, -0.25) is 10.1 Å². The maximum absolute atomic E-state index is 12.6. The molecule has 4 aromatic rings. The highest BCUT2D eigenvalue weighted by Gasteiger charge is 2.28. The van der Waals surface area contributed by atoms with Crippen molar-refractivity contribution in [3.8, 4) is 33.6 Å². The summed E-state index contributed by atoms with van der Waals surface area (Å²) in [5.74, 6) is 2.20. The first kappa shape index (κ1) is 20.3. The first-order chi connectivity index (χ1) is 15.6. The number of nitrogens with zero attached hydrogens (tertiary/aromatic N) is 2. The second kappa shape index (κ2) is 8.86. The average Bonchev–Trinajstić information content (AvgIpc) is 3.29. The smallest absolute Gasteiger partial charge is 0.270 e. The Kier molecular flexibility index (Phi) is 5.62. The summed E-state index contributed by atoms with van der Waals surface area (Å²) in [6.07, 6.45) is -0.762. The predicted octanol–water partition coefficient (Wildman–Crippen LogP) is 5.43. The molecular weight excluding hydrogens is 450 g/mol. The Balaban J connectivity index is 1.22. The number of hydrogen-bond donors (Lipinski definition) is 1. The molecule has 1 aliphatic rings. The fourth-order valence-corrected chi connectivity index (χ4v) is 3.91. The van der Waals surface area contributed by atoms with Crippen LogP contribution in [-0.2, 0) is 4.79 Å². The number of para-hydroxylation sites is 2. The number of anilines is 1. The summed E-state index contributed by atoms with van der Waals surface area (Å²) in [4.78, 5) is 12.6. The van der Waals surface area contributed by atoms with Crippen molar-refractivity contribution >= 4 is 34.0 Å². The van der Waals surface area contributed by atoms with Crippen molar-refractivity contribution in [3.63, 3.8) is 0 Å². The second-order valence-corrected chi connectivity index (χ2v) is 8.26. The zero-order valence-electron chi connectivity index (χ0n) is 16.5. The highest BCUT2D eigenvalue weighted by atomic mass is 35.5. The van der Waals surface area contributed by atoms with Crippen LogP contribution >= 0.6 is 22.9 Å². The van der Waals surface area contributed by atoms with Gasteiger partial charge in [0.2, 0.25) is 11.2 Å². The van der Waals surface area contributed by atoms with Crippen LogP contribution < -0.4 is 19.5 Å². The van der Waals surface area contributed by atoms with E-state index in [9.17, 15) is 4.79 Å². The number of benzene rings is 3. The van der Waals surface area contributed by atoms with Crippen molar-refractivity contribution in [2.24, 2.45) is 0 Å². The molecule has 0 saturated heterocycles. The average molecular weight is 466 g/mol. The summed E-state index contributed by atoms with van der Waals surface area (Å²) < 4.78 is 17.1. The van der Waals surface area contributed by atoms with Gasteiger partial charge in [-0.1, -0.05) is 35.1 Å². The molecule has 2 heterocycles. The molecule has 1 N–H and O–H groups in total. The number of hydrogen-bond acceptors (Lipinski definition) is 7. The van der Waals surface area contributed by atoms with Crippen LogP contribution in [0, 0.1) is 0 Å². The van der Waals surface area contributed by atoms with E-state index < -0.39 is 6.10 Å². The van der Waals surface area contributed by atoms with E-state index in [1.165, 1.54) is 11.3 Å². The van der Waals surface area contributed by atoms with Crippen LogP contribution in [0.3, 0.4) is 0 Å². The lowest BCUT2D eigenvalue weighted by molar-refractivity contribution is -0.125. The lowest BCUT2D eigenvalue weighted by Crippen LogP contribution is -2.40. The van der Waals surface area contributed by atoms with Gasteiger partial charge >= 0.3 is 0 Å². The molecule has 0 radical (unpaired) electrons. The molecule has 0 saturated carbocycles. The number of amides is 1. The van der Waals surface area contributed by atoms with Crippen LogP contribution in [0.15, 0.2) is 72.8 Å². The molecule has 1 aromatic heterocycles. The largest absolute Gasteiger partial charge is 0.485 e. The van der Waals surface area contributed by atoms with Crippen molar-refractivity contribution in [1.82, 2.24) is 10.2 Å². The summed E-state index contributed by atoms with van der Waals surface area (Å²) in [6, 6.07) is 21.8. The Bertz CT molecular complexity index is 1240. The van der Waals surface area contributed by atoms with E-state index in [0.29, 0.717) is 38.2 Å². The van der Waals surface area contributed by atoms with Crippen molar-refractivity contribution in [2.75, 3.05) is 11.9 Å². The molecule has 0 aliphatic carbocycles. The summed E-state index contributed by atoms with van der Waals surface area (Å²) >= 11 is 7.16. The van der Waals surface area contributed by atoms with Crippen LogP contribution in [0.2, 0.25) is 5.02 Å². The Morgan fingerprint density at radius 2 is 1.66 bits per heavy atom. The normalized spacial score (nSPS) is 14.6. The van der Waals surface area contributed by atoms with Crippen LogP contribution in [0.25, 0.3) is 10.6 Å². The summed E-state index contributed by atoms with van der Waals surface area (Å²) in [5, 5.41) is 12.7. The minimum absolute atomic E-state index is 0.129. The third kappa shape index (κ3) is 4.51. The predicted molar refractivity (Wildman–Crippen MR) is 122 cm³/mol. The molecule has 160 valence electrons. The quantitative estimate of drug-likeness (QED) is 0.423. The summed E-state index contributed by atoms with van der Waals surface area (Å²) in [6.45, 7) is 0.129. The SMILES string of the molecule is O=C(Nc1nnc(-c2ccc(Oc3ccc(Cl)cc3)cc2)s1)[C@H]1COc2ccccc2O1. The number of halogens is 1. The Hall–Kier alpha value is -3.62. The van der Waals surface area contributed by atoms with Crippen molar-refractivity contribution in [3.05, 3.63) is 77.8 Å². The van der Waals surface area contributed by atoms with Crippen molar-refractivity contribution < 1.29 is 19.0 Å². The third-order valence-electron chi connectivity index (χ3n) is 4.61. The Labute approximate surface area is 192 Å². The molecule has 0 spiro atoms. The van der Waals surface area contributed by atoms with Crippen molar-refractivity contribution in [1.29, 1.82) is 0 Å². The van der Waals surface area contributed by atoms with Gasteiger partial charge in [-0.25, -0.2) is 0 Å². The summed E-state index contributed by atoms with van der Waals surface area (Å²) in [5.41, 5.74) is 0.859. The van der Waals surface area contributed by atoms with E-state index in [0.717, 1.165) is 5.56 Å². The van der Waals surface area contributed by atoms with Gasteiger partial charge in [0.1, 0.15) is 23.1 Å². The molecule has 0 fully saturated rings.